The van der Waals surface area contributed by atoms with Crippen LogP contribution in [0, 0.1) is 5.92 Å². The molecule has 0 aromatic rings. The second-order valence-corrected chi connectivity index (χ2v) is 5.00. The van der Waals surface area contributed by atoms with E-state index in [1.165, 1.54) is 13.8 Å². The predicted molar refractivity (Wildman–Crippen MR) is 54.7 cm³/mol. The molecular weight excluding hydrogens is 263 g/mol. The van der Waals surface area contributed by atoms with Gasteiger partial charge in [0.05, 0.1) is 5.92 Å². The fourth-order valence-corrected chi connectivity index (χ4v) is 2.94. The maximum Gasteiger partial charge on any atom is 1.00 e. The van der Waals surface area contributed by atoms with E-state index in [9.17, 15) is 18.0 Å². The van der Waals surface area contributed by atoms with Gasteiger partial charge in [-0.25, -0.2) is 0 Å². The summed E-state index contributed by atoms with van der Waals surface area (Å²) in [6, 6.07) is 0. The molecule has 0 aromatic heterocycles. The van der Waals surface area contributed by atoms with Gasteiger partial charge in [-0.15, -0.1) is 0 Å². The van der Waals surface area contributed by atoms with Crippen LogP contribution in [-0.4, -0.2) is 39.9 Å². The van der Waals surface area contributed by atoms with Gasteiger partial charge in [0.2, 0.25) is 4.75 Å². The zero-order valence-corrected chi connectivity index (χ0v) is 12.7. The smallest absolute Gasteiger partial charge is 1.00 e. The molecule has 0 radical (unpaired) electrons. The van der Waals surface area contributed by atoms with E-state index in [0.29, 0.717) is 0 Å². The van der Waals surface area contributed by atoms with Crippen LogP contribution < -0.4 is 29.6 Å². The molecule has 0 aliphatic carbocycles. The Kier molecular flexibility index (Phi) is 7.56. The minimum Gasteiger partial charge on any atom is -1.00 e. The topological polar surface area (TPSA) is 129 Å². The van der Waals surface area contributed by atoms with E-state index in [2.05, 4.69) is 0 Å². The maximum absolute atomic E-state index is 11.1. The van der Waals surface area contributed by atoms with Crippen LogP contribution in [0.2, 0.25) is 0 Å². The molecule has 0 rings (SSSR count). The molecule has 9 heteroatoms. The first-order valence-electron chi connectivity index (χ1n) is 4.58. The zero-order valence-electron chi connectivity index (χ0n) is 10.9. The van der Waals surface area contributed by atoms with E-state index in [-0.39, 0.29) is 37.4 Å². The van der Waals surface area contributed by atoms with Gasteiger partial charge < -0.3 is 11.6 Å². The Morgan fingerprint density at radius 1 is 1.29 bits per heavy atom. The molecule has 0 saturated heterocycles. The molecule has 0 aliphatic rings. The van der Waals surface area contributed by atoms with Gasteiger partial charge in [0.25, 0.3) is 10.1 Å². The SMILES string of the molecule is CCC(C(=O)O)C(CC)(C(=O)O)S(=O)(=O)O.[H-].[Na+]. The zero-order chi connectivity index (χ0) is 13.1. The number of aliphatic carboxylic acids is 2. The van der Waals surface area contributed by atoms with Crippen LogP contribution in [-0.2, 0) is 19.7 Å². The molecule has 0 fully saturated rings. The molecule has 0 bridgehead atoms. The molecule has 0 saturated carbocycles. The van der Waals surface area contributed by atoms with Crippen molar-refractivity contribution in [1.29, 1.82) is 0 Å². The van der Waals surface area contributed by atoms with E-state index < -0.39 is 39.1 Å². The predicted octanol–water partition coefficient (Wildman–Crippen LogP) is -2.67. The molecule has 0 heterocycles. The first-order valence-corrected chi connectivity index (χ1v) is 6.02. The Hall–Kier alpha value is -0.150. The van der Waals surface area contributed by atoms with E-state index in [1.54, 1.807) is 0 Å². The largest absolute Gasteiger partial charge is 1.00 e. The average molecular weight is 278 g/mol. The number of rotatable bonds is 6. The molecule has 0 aromatic carbocycles. The average Bonchev–Trinajstić information content (AvgIpc) is 2.10. The van der Waals surface area contributed by atoms with E-state index >= 15 is 0 Å². The summed E-state index contributed by atoms with van der Waals surface area (Å²) in [5, 5.41) is 17.7. The Morgan fingerprint density at radius 2 is 1.71 bits per heavy atom. The maximum atomic E-state index is 11.1. The fourth-order valence-electron chi connectivity index (χ4n) is 1.72. The summed E-state index contributed by atoms with van der Waals surface area (Å²) in [5.74, 6) is -5.11. The van der Waals surface area contributed by atoms with Crippen LogP contribution in [0.4, 0.5) is 0 Å². The van der Waals surface area contributed by atoms with Gasteiger partial charge in [-0.1, -0.05) is 13.8 Å². The van der Waals surface area contributed by atoms with Crippen molar-refractivity contribution in [1.82, 2.24) is 0 Å². The van der Waals surface area contributed by atoms with Crippen molar-refractivity contribution < 1.29 is 63.8 Å². The van der Waals surface area contributed by atoms with Crippen LogP contribution in [0.1, 0.15) is 28.1 Å². The number of hydrogen-bond donors (Lipinski definition) is 3. The van der Waals surface area contributed by atoms with Gasteiger partial charge in [-0.3, -0.25) is 14.1 Å². The summed E-state index contributed by atoms with van der Waals surface area (Å²) >= 11 is 0. The standard InChI is InChI=1S/C8H14O7S.Na.H/c1-3-5(6(9)10)8(4-2,7(11)12)16(13,14)15;;/h5H,3-4H2,1-2H3,(H,9,10)(H,11,12)(H,13,14,15);;/q;+1;-1. The molecule has 7 nitrogen and oxygen atoms in total. The fraction of sp³-hybridized carbons (Fsp3) is 0.750. The number of hydrogen-bond acceptors (Lipinski definition) is 4. The quantitative estimate of drug-likeness (QED) is 0.357. The van der Waals surface area contributed by atoms with E-state index in [4.69, 9.17) is 14.8 Å². The minimum absolute atomic E-state index is 0. The monoisotopic (exact) mass is 278 g/mol. The van der Waals surface area contributed by atoms with Gasteiger partial charge in [0.1, 0.15) is 0 Å². The van der Waals surface area contributed by atoms with E-state index in [0.717, 1.165) is 0 Å². The number of carboxylic acid groups (broad SMARTS) is 2. The van der Waals surface area contributed by atoms with Crippen molar-refractivity contribution in [3.8, 4) is 0 Å². The Balaban J connectivity index is -0.00000112. The second kappa shape index (κ2) is 6.69. The van der Waals surface area contributed by atoms with Crippen molar-refractivity contribution in [2.75, 3.05) is 0 Å². The third-order valence-electron chi connectivity index (χ3n) is 2.62. The van der Waals surface area contributed by atoms with Crippen molar-refractivity contribution in [2.45, 2.75) is 31.4 Å². The summed E-state index contributed by atoms with van der Waals surface area (Å²) in [4.78, 5) is 21.8. The molecule has 96 valence electrons. The van der Waals surface area contributed by atoms with Crippen molar-refractivity contribution in [3.05, 3.63) is 0 Å². The first-order chi connectivity index (χ1) is 7.15. The van der Waals surface area contributed by atoms with Gasteiger partial charge in [0.15, 0.2) is 0 Å². The van der Waals surface area contributed by atoms with Gasteiger partial charge in [-0.2, -0.15) is 8.42 Å². The minimum atomic E-state index is -5.01. The van der Waals surface area contributed by atoms with Crippen molar-refractivity contribution in [3.63, 3.8) is 0 Å². The normalized spacial score (nSPS) is 16.4. The van der Waals surface area contributed by atoms with Crippen LogP contribution >= 0.6 is 0 Å². The molecule has 17 heavy (non-hydrogen) atoms. The molecule has 3 N–H and O–H groups in total. The van der Waals surface area contributed by atoms with Crippen LogP contribution in [0.3, 0.4) is 0 Å². The number of carbonyl (C=O) groups is 2. The van der Waals surface area contributed by atoms with Gasteiger partial charge in [0, 0.05) is 0 Å². The summed E-state index contributed by atoms with van der Waals surface area (Å²) in [6.45, 7) is 2.55. The van der Waals surface area contributed by atoms with Crippen LogP contribution in [0.25, 0.3) is 0 Å². The van der Waals surface area contributed by atoms with Crippen LogP contribution in [0.5, 0.6) is 0 Å². The Labute approximate surface area is 123 Å². The van der Waals surface area contributed by atoms with Crippen LogP contribution in [0.15, 0.2) is 0 Å². The molecule has 0 amide bonds. The summed E-state index contributed by atoms with van der Waals surface area (Å²) < 4.78 is 28.6. The van der Waals surface area contributed by atoms with Gasteiger partial charge in [-0.05, 0) is 12.8 Å². The van der Waals surface area contributed by atoms with Gasteiger partial charge >= 0.3 is 41.5 Å². The molecule has 2 unspecified atom stereocenters. The first kappa shape index (κ1) is 19.2. The van der Waals surface area contributed by atoms with Crippen molar-refractivity contribution in [2.24, 2.45) is 5.92 Å². The molecule has 2 atom stereocenters. The Bertz CT molecular complexity index is 396. The number of carboxylic acids is 2. The molecule has 0 spiro atoms. The van der Waals surface area contributed by atoms with E-state index in [1.807, 2.05) is 0 Å². The summed E-state index contributed by atoms with van der Waals surface area (Å²) in [5.41, 5.74) is 0. The second-order valence-electron chi connectivity index (χ2n) is 3.32. The summed E-state index contributed by atoms with van der Waals surface area (Å²) in [6.07, 6.45) is -0.735. The van der Waals surface area contributed by atoms with Crippen molar-refractivity contribution >= 4 is 22.1 Å². The Morgan fingerprint density at radius 3 is 1.76 bits per heavy atom. The molecular formula is C8H15NaO7S. The summed E-state index contributed by atoms with van der Waals surface area (Å²) in [7, 11) is -5.01. The molecule has 0 aliphatic heterocycles. The third kappa shape index (κ3) is 3.41. The third-order valence-corrected chi connectivity index (χ3v) is 4.29.